The van der Waals surface area contributed by atoms with Crippen molar-refractivity contribution in [2.75, 3.05) is 11.4 Å². The highest BCUT2D eigenvalue weighted by Crippen LogP contribution is 2.31. The number of aromatic nitrogens is 2. The fraction of sp³-hybridized carbons (Fsp3) is 0.357. The second kappa shape index (κ2) is 5.47. The molecular formula is C14H11B3N4S. The zero-order valence-corrected chi connectivity index (χ0v) is 13.0. The number of aryl methyl sites for hydroxylation is 1. The molecule has 102 valence electrons. The Bertz CT molecular complexity index is 760. The lowest BCUT2D eigenvalue weighted by Crippen LogP contribution is -2.31. The predicted molar refractivity (Wildman–Crippen MR) is 89.5 cm³/mol. The van der Waals surface area contributed by atoms with Gasteiger partial charge in [-0.3, -0.25) is 0 Å². The maximum absolute atomic E-state index is 8.93. The third-order valence-corrected chi connectivity index (χ3v) is 4.83. The molecule has 0 fully saturated rings. The monoisotopic (exact) mass is 300 g/mol. The highest BCUT2D eigenvalue weighted by atomic mass is 32.1. The molecule has 0 N–H and O–H groups in total. The highest BCUT2D eigenvalue weighted by Gasteiger charge is 2.25. The third-order valence-electron chi connectivity index (χ3n) is 3.58. The Morgan fingerprint density at radius 2 is 2.18 bits per heavy atom. The Labute approximate surface area is 137 Å². The summed E-state index contributed by atoms with van der Waals surface area (Å²) in [5.41, 5.74) is 2.56. The maximum Gasteiger partial charge on any atom is 0.131 e. The average molecular weight is 300 g/mol. The van der Waals surface area contributed by atoms with Gasteiger partial charge in [0, 0.05) is 24.0 Å². The van der Waals surface area contributed by atoms with Gasteiger partial charge in [0.25, 0.3) is 0 Å². The first-order chi connectivity index (χ1) is 10.4. The molecule has 8 heteroatoms. The standard InChI is InChI=1S/C14H11B3N4S/c1-8-4-9(5-18)6-19-12(8)21-3-2-10-11(7-21)22-13(20-10)14(15,16)17/h4,6H,2-3,7H2,1H3. The summed E-state index contributed by atoms with van der Waals surface area (Å²) < 4.78 is 0. The quantitative estimate of drug-likeness (QED) is 0.773. The third kappa shape index (κ3) is 2.78. The normalized spacial score (nSPS) is 14.5. The van der Waals surface area contributed by atoms with Crippen LogP contribution in [-0.2, 0) is 18.1 Å². The van der Waals surface area contributed by atoms with Crippen molar-refractivity contribution in [1.29, 1.82) is 5.26 Å². The summed E-state index contributed by atoms with van der Waals surface area (Å²) in [6.07, 6.45) is 2.39. The molecule has 0 unspecified atom stereocenters. The van der Waals surface area contributed by atoms with Crippen molar-refractivity contribution in [2.24, 2.45) is 0 Å². The fourth-order valence-electron chi connectivity index (χ4n) is 2.52. The number of fused-ring (bicyclic) bond motifs is 1. The molecule has 22 heavy (non-hydrogen) atoms. The van der Waals surface area contributed by atoms with E-state index in [2.05, 4.69) is 20.9 Å². The van der Waals surface area contributed by atoms with E-state index in [0.29, 0.717) is 17.1 Å². The van der Waals surface area contributed by atoms with Crippen LogP contribution in [0.5, 0.6) is 0 Å². The van der Waals surface area contributed by atoms with Crippen LogP contribution in [0.15, 0.2) is 12.3 Å². The molecule has 0 aliphatic carbocycles. The molecule has 0 atom stereocenters. The van der Waals surface area contributed by atoms with Gasteiger partial charge in [0.05, 0.1) is 46.3 Å². The lowest BCUT2D eigenvalue weighted by atomic mass is 9.43. The Kier molecular flexibility index (Phi) is 3.77. The van der Waals surface area contributed by atoms with Gasteiger partial charge in [-0.2, -0.15) is 5.26 Å². The van der Waals surface area contributed by atoms with Gasteiger partial charge in [0.1, 0.15) is 11.9 Å². The van der Waals surface area contributed by atoms with E-state index in [-0.39, 0.29) is 0 Å². The minimum Gasteiger partial charge on any atom is -0.351 e. The molecule has 6 radical (unpaired) electrons. The van der Waals surface area contributed by atoms with Crippen LogP contribution in [0.1, 0.15) is 26.7 Å². The van der Waals surface area contributed by atoms with Gasteiger partial charge in [0.2, 0.25) is 0 Å². The largest absolute Gasteiger partial charge is 0.351 e. The van der Waals surface area contributed by atoms with Gasteiger partial charge >= 0.3 is 0 Å². The maximum atomic E-state index is 8.93. The smallest absolute Gasteiger partial charge is 0.131 e. The number of anilines is 1. The van der Waals surface area contributed by atoms with Crippen molar-refractivity contribution in [3.63, 3.8) is 0 Å². The summed E-state index contributed by atoms with van der Waals surface area (Å²) in [6.45, 7) is 3.47. The zero-order valence-electron chi connectivity index (χ0n) is 12.2. The fourth-order valence-corrected chi connectivity index (χ4v) is 3.57. The summed E-state index contributed by atoms with van der Waals surface area (Å²) >= 11 is 1.45. The molecule has 1 aliphatic heterocycles. The van der Waals surface area contributed by atoms with Crippen LogP contribution in [0.2, 0.25) is 0 Å². The Morgan fingerprint density at radius 1 is 1.41 bits per heavy atom. The number of nitriles is 1. The number of nitrogens with zero attached hydrogens (tertiary/aromatic N) is 4. The molecular weight excluding hydrogens is 289 g/mol. The summed E-state index contributed by atoms with van der Waals surface area (Å²) in [6, 6.07) is 3.95. The van der Waals surface area contributed by atoms with Gasteiger partial charge in [0.15, 0.2) is 0 Å². The van der Waals surface area contributed by atoms with E-state index in [9.17, 15) is 0 Å². The Morgan fingerprint density at radius 3 is 2.82 bits per heavy atom. The van der Waals surface area contributed by atoms with Crippen molar-refractivity contribution >= 4 is 40.7 Å². The molecule has 0 amide bonds. The molecule has 0 saturated heterocycles. The summed E-state index contributed by atoms with van der Waals surface area (Å²) in [5, 5.41) is 8.08. The van der Waals surface area contributed by atoms with Crippen molar-refractivity contribution < 1.29 is 0 Å². The molecule has 0 bridgehead atoms. The van der Waals surface area contributed by atoms with E-state index in [0.717, 1.165) is 34.9 Å². The number of hydrogen-bond acceptors (Lipinski definition) is 5. The lowest BCUT2D eigenvalue weighted by molar-refractivity contribution is 0.714. The van der Waals surface area contributed by atoms with Crippen LogP contribution in [-0.4, -0.2) is 40.1 Å². The molecule has 4 nitrogen and oxygen atoms in total. The van der Waals surface area contributed by atoms with Crippen molar-refractivity contribution in [3.8, 4) is 6.07 Å². The van der Waals surface area contributed by atoms with Crippen LogP contribution in [0.3, 0.4) is 0 Å². The van der Waals surface area contributed by atoms with E-state index < -0.39 is 5.11 Å². The molecule has 1 aliphatic rings. The van der Waals surface area contributed by atoms with E-state index >= 15 is 0 Å². The first-order valence-corrected chi connectivity index (χ1v) is 7.67. The van der Waals surface area contributed by atoms with Gasteiger partial charge in [-0.05, 0) is 18.6 Å². The van der Waals surface area contributed by atoms with Crippen LogP contribution >= 0.6 is 11.3 Å². The number of thiazole rings is 1. The van der Waals surface area contributed by atoms with E-state index in [1.807, 2.05) is 13.0 Å². The SMILES string of the molecule is [B]C([B])([B])c1nc2c(s1)CN(c1ncc(C#N)cc1C)CC2. The van der Waals surface area contributed by atoms with Crippen molar-refractivity contribution in [3.05, 3.63) is 39.0 Å². The van der Waals surface area contributed by atoms with Crippen LogP contribution in [0.25, 0.3) is 0 Å². The molecule has 0 saturated carbocycles. The molecule has 2 aromatic rings. The average Bonchev–Trinajstić information content (AvgIpc) is 2.90. The van der Waals surface area contributed by atoms with Crippen LogP contribution in [0.4, 0.5) is 5.82 Å². The second-order valence-corrected chi connectivity index (χ2v) is 6.55. The van der Waals surface area contributed by atoms with Gasteiger partial charge in [-0.1, -0.05) is 5.11 Å². The summed E-state index contributed by atoms with van der Waals surface area (Å²) in [5.74, 6) is 0.888. The molecule has 3 heterocycles. The topological polar surface area (TPSA) is 52.8 Å². The van der Waals surface area contributed by atoms with Crippen LogP contribution in [0, 0.1) is 18.3 Å². The minimum atomic E-state index is -1.39. The Hall–Kier alpha value is -1.74. The van der Waals surface area contributed by atoms with Crippen LogP contribution < -0.4 is 4.90 Å². The van der Waals surface area contributed by atoms with Gasteiger partial charge < -0.3 is 4.90 Å². The molecule has 0 aromatic carbocycles. The molecule has 0 spiro atoms. The summed E-state index contributed by atoms with van der Waals surface area (Å²) in [4.78, 5) is 12.1. The first kappa shape index (κ1) is 15.2. The van der Waals surface area contributed by atoms with E-state index in [1.165, 1.54) is 11.3 Å². The van der Waals surface area contributed by atoms with Crippen molar-refractivity contribution in [2.45, 2.75) is 25.0 Å². The molecule has 2 aromatic heterocycles. The van der Waals surface area contributed by atoms with E-state index in [4.69, 9.17) is 28.8 Å². The predicted octanol–water partition coefficient (Wildman–Crippen LogP) is 0.897. The van der Waals surface area contributed by atoms with E-state index in [1.54, 1.807) is 6.20 Å². The van der Waals surface area contributed by atoms with Crippen molar-refractivity contribution in [1.82, 2.24) is 9.97 Å². The molecule has 3 rings (SSSR count). The highest BCUT2D eigenvalue weighted by molar-refractivity contribution is 7.13. The minimum absolute atomic E-state index is 0.545. The first-order valence-electron chi connectivity index (χ1n) is 6.86. The summed E-state index contributed by atoms with van der Waals surface area (Å²) in [7, 11) is 17.2. The second-order valence-electron chi connectivity index (χ2n) is 5.47. The number of pyridine rings is 1. The lowest BCUT2D eigenvalue weighted by Gasteiger charge is -2.28. The number of rotatable bonds is 2. The zero-order chi connectivity index (χ0) is 15.9. The Balaban J connectivity index is 1.88. The van der Waals surface area contributed by atoms with Gasteiger partial charge in [-0.25, -0.2) is 9.97 Å². The van der Waals surface area contributed by atoms with Gasteiger partial charge in [-0.15, -0.1) is 11.3 Å². The number of hydrogen-bond donors (Lipinski definition) is 0.